The lowest BCUT2D eigenvalue weighted by Crippen LogP contribution is -2.28. The number of rotatable bonds is 2. The maximum Gasteiger partial charge on any atom is 0.216 e. The van der Waals surface area contributed by atoms with Crippen LogP contribution in [0.3, 0.4) is 0 Å². The second-order valence-corrected chi connectivity index (χ2v) is 2.06. The Morgan fingerprint density at radius 1 is 1.88 bits per heavy atom. The molecule has 2 atom stereocenters. The Morgan fingerprint density at radius 2 is 2.38 bits per heavy atom. The van der Waals surface area contributed by atoms with Gasteiger partial charge in [0.2, 0.25) is 5.79 Å². The zero-order valence-corrected chi connectivity index (χ0v) is 4.79. The minimum atomic E-state index is -1.19. The summed E-state index contributed by atoms with van der Waals surface area (Å²) in [6.45, 7) is 2.08. The summed E-state index contributed by atoms with van der Waals surface area (Å²) in [5.74, 6) is -1.19. The highest BCUT2D eigenvalue weighted by Crippen LogP contribution is 2.28. The van der Waals surface area contributed by atoms with Crippen molar-refractivity contribution in [3.05, 3.63) is 0 Å². The van der Waals surface area contributed by atoms with Crippen LogP contribution in [0.15, 0.2) is 0 Å². The highest BCUT2D eigenvalue weighted by molar-refractivity contribution is 4.86. The number of epoxide rings is 1. The van der Waals surface area contributed by atoms with Crippen LogP contribution in [0.4, 0.5) is 0 Å². The summed E-state index contributed by atoms with van der Waals surface area (Å²) >= 11 is 0. The van der Waals surface area contributed by atoms with E-state index >= 15 is 0 Å². The smallest absolute Gasteiger partial charge is 0.216 e. The monoisotopic (exact) mass is 118 g/mol. The first-order valence-electron chi connectivity index (χ1n) is 2.73. The van der Waals surface area contributed by atoms with E-state index < -0.39 is 11.9 Å². The molecule has 3 heteroatoms. The Kier molecular flexibility index (Phi) is 1.27. The Labute approximate surface area is 47.9 Å². The largest absolute Gasteiger partial charge is 0.387 e. The molecule has 0 radical (unpaired) electrons. The van der Waals surface area contributed by atoms with E-state index in [0.717, 1.165) is 0 Å². The maximum absolute atomic E-state index is 8.93. The standard InChI is InChI=1S/C5H10O3/c1-2-4(6)5(7)3-8-5/h4,6-7H,2-3H2,1H3/t4?,5-/m0/s1. The van der Waals surface area contributed by atoms with Crippen molar-refractivity contribution < 1.29 is 14.9 Å². The van der Waals surface area contributed by atoms with Crippen LogP contribution in [-0.4, -0.2) is 28.7 Å². The molecule has 3 nitrogen and oxygen atoms in total. The third-order valence-electron chi connectivity index (χ3n) is 1.35. The third-order valence-corrected chi connectivity index (χ3v) is 1.35. The zero-order chi connectivity index (χ0) is 6.20. The van der Waals surface area contributed by atoms with E-state index in [-0.39, 0.29) is 6.61 Å². The molecule has 0 aromatic heterocycles. The molecule has 0 bridgehead atoms. The fourth-order valence-electron chi connectivity index (χ4n) is 0.585. The predicted molar refractivity (Wildman–Crippen MR) is 27.2 cm³/mol. The first-order valence-corrected chi connectivity index (χ1v) is 2.73. The number of ether oxygens (including phenoxy) is 1. The van der Waals surface area contributed by atoms with Gasteiger partial charge >= 0.3 is 0 Å². The molecule has 1 aliphatic rings. The van der Waals surface area contributed by atoms with Crippen LogP contribution in [0, 0.1) is 0 Å². The first-order chi connectivity index (χ1) is 3.69. The van der Waals surface area contributed by atoms with Gasteiger partial charge in [-0.05, 0) is 6.42 Å². The molecule has 0 aromatic rings. The van der Waals surface area contributed by atoms with Gasteiger partial charge in [-0.25, -0.2) is 0 Å². The Morgan fingerprint density at radius 3 is 2.50 bits per heavy atom. The van der Waals surface area contributed by atoms with Crippen LogP contribution in [0.25, 0.3) is 0 Å². The lowest BCUT2D eigenvalue weighted by atomic mass is 10.2. The van der Waals surface area contributed by atoms with Crippen molar-refractivity contribution in [3.63, 3.8) is 0 Å². The van der Waals surface area contributed by atoms with Crippen LogP contribution >= 0.6 is 0 Å². The molecule has 1 rings (SSSR count). The number of hydrogen-bond donors (Lipinski definition) is 2. The van der Waals surface area contributed by atoms with E-state index in [0.29, 0.717) is 6.42 Å². The van der Waals surface area contributed by atoms with E-state index in [1.165, 1.54) is 0 Å². The van der Waals surface area contributed by atoms with Crippen molar-refractivity contribution >= 4 is 0 Å². The van der Waals surface area contributed by atoms with Crippen LogP contribution in [0.5, 0.6) is 0 Å². The summed E-state index contributed by atoms with van der Waals surface area (Å²) in [5.41, 5.74) is 0. The predicted octanol–water partition coefficient (Wildman–Crippen LogP) is -0.524. The number of hydrogen-bond acceptors (Lipinski definition) is 3. The second-order valence-electron chi connectivity index (χ2n) is 2.06. The van der Waals surface area contributed by atoms with Crippen LogP contribution < -0.4 is 0 Å². The Hall–Kier alpha value is -0.120. The van der Waals surface area contributed by atoms with E-state index in [9.17, 15) is 0 Å². The first kappa shape index (κ1) is 6.01. The average molecular weight is 118 g/mol. The van der Waals surface area contributed by atoms with E-state index in [4.69, 9.17) is 10.2 Å². The molecule has 0 spiro atoms. The lowest BCUT2D eigenvalue weighted by molar-refractivity contribution is -0.0713. The van der Waals surface area contributed by atoms with Gasteiger partial charge in [0, 0.05) is 0 Å². The molecule has 0 saturated carbocycles. The SMILES string of the molecule is CCC(O)[C@]1(O)CO1. The topological polar surface area (TPSA) is 53.0 Å². The van der Waals surface area contributed by atoms with Gasteiger partial charge in [-0.15, -0.1) is 0 Å². The fourth-order valence-corrected chi connectivity index (χ4v) is 0.585. The molecule has 0 aliphatic carbocycles. The highest BCUT2D eigenvalue weighted by Gasteiger charge is 2.48. The zero-order valence-electron chi connectivity index (χ0n) is 4.79. The average Bonchev–Trinajstić information content (AvgIpc) is 2.47. The van der Waals surface area contributed by atoms with Crippen molar-refractivity contribution in [2.75, 3.05) is 6.61 Å². The lowest BCUT2D eigenvalue weighted by Gasteiger charge is -2.08. The summed E-state index contributed by atoms with van der Waals surface area (Å²) in [4.78, 5) is 0. The molecule has 1 heterocycles. The fraction of sp³-hybridized carbons (Fsp3) is 1.00. The van der Waals surface area contributed by atoms with Crippen LogP contribution in [0.2, 0.25) is 0 Å². The van der Waals surface area contributed by atoms with Gasteiger partial charge in [0.1, 0.15) is 12.7 Å². The molecule has 0 aromatic carbocycles. The minimum absolute atomic E-state index is 0.280. The van der Waals surface area contributed by atoms with Gasteiger partial charge in [-0.3, -0.25) is 0 Å². The van der Waals surface area contributed by atoms with Crippen LogP contribution in [-0.2, 0) is 4.74 Å². The Balaban J connectivity index is 2.34. The molecule has 1 aliphatic heterocycles. The van der Waals surface area contributed by atoms with Gasteiger partial charge in [-0.1, -0.05) is 6.92 Å². The van der Waals surface area contributed by atoms with Gasteiger partial charge in [0.05, 0.1) is 0 Å². The summed E-state index contributed by atoms with van der Waals surface area (Å²) in [5, 5.41) is 17.8. The molecule has 2 N–H and O–H groups in total. The summed E-state index contributed by atoms with van der Waals surface area (Å²) in [6.07, 6.45) is -0.168. The van der Waals surface area contributed by atoms with Crippen molar-refractivity contribution in [2.45, 2.75) is 25.2 Å². The van der Waals surface area contributed by atoms with Crippen LogP contribution in [0.1, 0.15) is 13.3 Å². The second kappa shape index (κ2) is 1.69. The normalized spacial score (nSPS) is 39.4. The van der Waals surface area contributed by atoms with E-state index in [1.807, 2.05) is 0 Å². The van der Waals surface area contributed by atoms with E-state index in [2.05, 4.69) is 4.74 Å². The minimum Gasteiger partial charge on any atom is -0.387 e. The van der Waals surface area contributed by atoms with Gasteiger partial charge in [0.15, 0.2) is 0 Å². The molecule has 48 valence electrons. The van der Waals surface area contributed by atoms with E-state index in [1.54, 1.807) is 6.92 Å². The highest BCUT2D eigenvalue weighted by atomic mass is 16.7. The summed E-state index contributed by atoms with van der Waals surface area (Å²) in [7, 11) is 0. The summed E-state index contributed by atoms with van der Waals surface area (Å²) in [6, 6.07) is 0. The summed E-state index contributed by atoms with van der Waals surface area (Å²) < 4.78 is 4.55. The van der Waals surface area contributed by atoms with Crippen molar-refractivity contribution in [1.29, 1.82) is 0 Å². The van der Waals surface area contributed by atoms with Gasteiger partial charge in [-0.2, -0.15) is 0 Å². The molecule has 1 fully saturated rings. The van der Waals surface area contributed by atoms with Gasteiger partial charge < -0.3 is 14.9 Å². The Bertz CT molecular complexity index is 87.7. The number of aliphatic hydroxyl groups is 2. The maximum atomic E-state index is 8.93. The van der Waals surface area contributed by atoms with Crippen molar-refractivity contribution in [1.82, 2.24) is 0 Å². The molecular formula is C5H10O3. The van der Waals surface area contributed by atoms with Crippen molar-refractivity contribution in [2.24, 2.45) is 0 Å². The number of aliphatic hydroxyl groups excluding tert-OH is 1. The van der Waals surface area contributed by atoms with Crippen molar-refractivity contribution in [3.8, 4) is 0 Å². The van der Waals surface area contributed by atoms with Gasteiger partial charge in [0.25, 0.3) is 0 Å². The molecule has 8 heavy (non-hydrogen) atoms. The molecule has 1 saturated heterocycles. The quantitative estimate of drug-likeness (QED) is 0.479. The molecular weight excluding hydrogens is 108 g/mol. The third kappa shape index (κ3) is 0.844. The molecule has 1 unspecified atom stereocenters. The molecule has 0 amide bonds.